The van der Waals surface area contributed by atoms with Gasteiger partial charge in [-0.2, -0.15) is 0 Å². The van der Waals surface area contributed by atoms with Gasteiger partial charge in [-0.25, -0.2) is 8.42 Å². The number of hydrogen-bond acceptors (Lipinski definition) is 3. The van der Waals surface area contributed by atoms with E-state index in [2.05, 4.69) is 25.5 Å². The summed E-state index contributed by atoms with van der Waals surface area (Å²) in [4.78, 5) is 0.363. The second kappa shape index (κ2) is 7.95. The SMILES string of the molecule is CCC(C)(C)[C@@H]1CCc2oc3cc(C)c(NS(=O)(=O)c4c(C)cc(C)cc4C)cc3c2C1. The topological polar surface area (TPSA) is 59.3 Å². The number of anilines is 1. The molecule has 5 heteroatoms. The van der Waals surface area contributed by atoms with Gasteiger partial charge in [-0.15, -0.1) is 0 Å². The summed E-state index contributed by atoms with van der Waals surface area (Å²) in [5.74, 6) is 1.66. The van der Waals surface area contributed by atoms with Crippen LogP contribution in [0.5, 0.6) is 0 Å². The third kappa shape index (κ3) is 3.96. The molecule has 0 spiro atoms. The number of rotatable bonds is 5. The van der Waals surface area contributed by atoms with E-state index in [1.807, 2.05) is 52.0 Å². The summed E-state index contributed by atoms with van der Waals surface area (Å²) in [6, 6.07) is 7.78. The maximum atomic E-state index is 13.4. The molecule has 0 aliphatic heterocycles. The zero-order valence-corrected chi connectivity index (χ0v) is 21.2. The zero-order valence-electron chi connectivity index (χ0n) is 20.3. The van der Waals surface area contributed by atoms with Crippen LogP contribution in [0.2, 0.25) is 0 Å². The van der Waals surface area contributed by atoms with Crippen LogP contribution in [-0.4, -0.2) is 8.42 Å². The van der Waals surface area contributed by atoms with E-state index in [1.54, 1.807) is 0 Å². The van der Waals surface area contributed by atoms with Crippen LogP contribution in [0.25, 0.3) is 11.0 Å². The summed E-state index contributed by atoms with van der Waals surface area (Å²) < 4.78 is 35.8. The van der Waals surface area contributed by atoms with Crippen molar-refractivity contribution in [2.24, 2.45) is 11.3 Å². The molecule has 1 aliphatic rings. The van der Waals surface area contributed by atoms with E-state index in [1.165, 1.54) is 5.56 Å². The molecule has 0 saturated carbocycles. The van der Waals surface area contributed by atoms with Gasteiger partial charge in [0.15, 0.2) is 0 Å². The van der Waals surface area contributed by atoms with E-state index in [4.69, 9.17) is 4.42 Å². The van der Waals surface area contributed by atoms with E-state index in [0.29, 0.717) is 16.5 Å². The molecule has 0 amide bonds. The number of fused-ring (bicyclic) bond motifs is 3. The number of sulfonamides is 1. The minimum absolute atomic E-state index is 0.275. The van der Waals surface area contributed by atoms with Crippen LogP contribution in [0.15, 0.2) is 33.6 Å². The first kappa shape index (κ1) is 22.9. The lowest BCUT2D eigenvalue weighted by Gasteiger charge is -2.36. The van der Waals surface area contributed by atoms with Gasteiger partial charge >= 0.3 is 0 Å². The highest BCUT2D eigenvalue weighted by Gasteiger charge is 2.33. The second-order valence-electron chi connectivity index (χ2n) is 10.3. The predicted octanol–water partition coefficient (Wildman–Crippen LogP) is 7.01. The van der Waals surface area contributed by atoms with Crippen LogP contribution < -0.4 is 4.72 Å². The molecule has 1 aromatic heterocycles. The summed E-state index contributed by atoms with van der Waals surface area (Å²) in [5, 5.41) is 1.04. The Morgan fingerprint density at radius 2 is 1.69 bits per heavy atom. The van der Waals surface area contributed by atoms with E-state index < -0.39 is 10.0 Å². The lowest BCUT2D eigenvalue weighted by Crippen LogP contribution is -2.28. The fourth-order valence-corrected chi connectivity index (χ4v) is 6.85. The van der Waals surface area contributed by atoms with Gasteiger partial charge in [0, 0.05) is 17.4 Å². The van der Waals surface area contributed by atoms with Crippen molar-refractivity contribution >= 4 is 26.7 Å². The summed E-state index contributed by atoms with van der Waals surface area (Å²) in [5.41, 5.74) is 6.45. The molecule has 2 aromatic carbocycles. The molecule has 0 radical (unpaired) electrons. The minimum atomic E-state index is -3.71. The molecule has 0 fully saturated rings. The van der Waals surface area contributed by atoms with Crippen LogP contribution in [0.3, 0.4) is 0 Å². The van der Waals surface area contributed by atoms with Crippen molar-refractivity contribution in [3.8, 4) is 0 Å². The Balaban J connectivity index is 1.75. The first-order valence-corrected chi connectivity index (χ1v) is 13.1. The average Bonchev–Trinajstić information content (AvgIpc) is 3.03. The van der Waals surface area contributed by atoms with Gasteiger partial charge in [0.25, 0.3) is 10.0 Å². The number of furan rings is 1. The molecule has 0 unspecified atom stereocenters. The van der Waals surface area contributed by atoms with Gasteiger partial charge in [0.05, 0.1) is 10.6 Å². The number of benzene rings is 2. The zero-order chi connectivity index (χ0) is 23.4. The number of nitrogens with one attached hydrogen (secondary N) is 1. The van der Waals surface area contributed by atoms with E-state index in [-0.39, 0.29) is 5.41 Å². The first-order valence-electron chi connectivity index (χ1n) is 11.6. The molecule has 1 aliphatic carbocycles. The van der Waals surface area contributed by atoms with Crippen molar-refractivity contribution in [2.45, 2.75) is 79.0 Å². The Hall–Kier alpha value is -2.27. The van der Waals surface area contributed by atoms with Crippen molar-refractivity contribution in [3.63, 3.8) is 0 Å². The highest BCUT2D eigenvalue weighted by molar-refractivity contribution is 7.92. The van der Waals surface area contributed by atoms with Gasteiger partial charge in [0.1, 0.15) is 11.3 Å². The fourth-order valence-electron chi connectivity index (χ4n) is 5.28. The third-order valence-electron chi connectivity index (χ3n) is 7.53. The number of aryl methyl sites for hydroxylation is 5. The van der Waals surface area contributed by atoms with Gasteiger partial charge in [0.2, 0.25) is 0 Å². The van der Waals surface area contributed by atoms with Crippen LogP contribution in [0, 0.1) is 39.0 Å². The smallest absolute Gasteiger partial charge is 0.262 e. The minimum Gasteiger partial charge on any atom is -0.461 e. The molecule has 0 bridgehead atoms. The van der Waals surface area contributed by atoms with Crippen molar-refractivity contribution in [1.82, 2.24) is 0 Å². The van der Waals surface area contributed by atoms with Gasteiger partial charge in [-0.1, -0.05) is 44.9 Å². The standard InChI is InChI=1S/C27H35NO3S/c1-8-27(6,7)20-9-10-24-21(14-20)22-15-23(17(3)13-25(22)31-24)28-32(29,30)26-18(4)11-16(2)12-19(26)5/h11-13,15,20,28H,8-10,14H2,1-7H3/t20-/m1/s1. The maximum Gasteiger partial charge on any atom is 0.262 e. The summed E-state index contributed by atoms with van der Waals surface area (Å²) >= 11 is 0. The monoisotopic (exact) mass is 453 g/mol. The predicted molar refractivity (Wildman–Crippen MR) is 132 cm³/mol. The van der Waals surface area contributed by atoms with Gasteiger partial charge in [-0.3, -0.25) is 4.72 Å². The Morgan fingerprint density at radius 3 is 2.31 bits per heavy atom. The molecule has 1 atom stereocenters. The Kier molecular flexibility index (Phi) is 5.69. The summed E-state index contributed by atoms with van der Waals surface area (Å²) in [7, 11) is -3.71. The lowest BCUT2D eigenvalue weighted by molar-refractivity contribution is 0.179. The number of hydrogen-bond donors (Lipinski definition) is 1. The fraction of sp³-hybridized carbons (Fsp3) is 0.481. The molecule has 3 aromatic rings. The van der Waals surface area contributed by atoms with Crippen LogP contribution in [0.4, 0.5) is 5.69 Å². The van der Waals surface area contributed by atoms with Gasteiger partial charge in [-0.05, 0) is 80.7 Å². The molecule has 1 N–H and O–H groups in total. The Labute approximate surface area is 192 Å². The van der Waals surface area contributed by atoms with E-state index in [9.17, 15) is 8.42 Å². The van der Waals surface area contributed by atoms with Crippen molar-refractivity contribution in [3.05, 3.63) is 57.8 Å². The van der Waals surface area contributed by atoms with Gasteiger partial charge < -0.3 is 4.42 Å². The Morgan fingerprint density at radius 1 is 1.03 bits per heavy atom. The van der Waals surface area contributed by atoms with Crippen LogP contribution in [-0.2, 0) is 22.9 Å². The third-order valence-corrected chi connectivity index (χ3v) is 9.20. The average molecular weight is 454 g/mol. The summed E-state index contributed by atoms with van der Waals surface area (Å²) in [6.45, 7) is 14.6. The van der Waals surface area contributed by atoms with E-state index >= 15 is 0 Å². The molecule has 4 rings (SSSR count). The quantitative estimate of drug-likeness (QED) is 0.452. The van der Waals surface area contributed by atoms with Crippen molar-refractivity contribution in [2.75, 3.05) is 4.72 Å². The largest absolute Gasteiger partial charge is 0.461 e. The van der Waals surface area contributed by atoms with Crippen molar-refractivity contribution < 1.29 is 12.8 Å². The van der Waals surface area contributed by atoms with Crippen molar-refractivity contribution in [1.29, 1.82) is 0 Å². The molecule has 0 saturated heterocycles. The molecular weight excluding hydrogens is 418 g/mol. The van der Waals surface area contributed by atoms with Crippen LogP contribution >= 0.6 is 0 Å². The first-order chi connectivity index (χ1) is 14.9. The molecular formula is C27H35NO3S. The Bertz CT molecular complexity index is 1280. The lowest BCUT2D eigenvalue weighted by atomic mass is 9.69. The highest BCUT2D eigenvalue weighted by atomic mass is 32.2. The molecule has 32 heavy (non-hydrogen) atoms. The second-order valence-corrected chi connectivity index (χ2v) is 11.9. The molecule has 4 nitrogen and oxygen atoms in total. The van der Waals surface area contributed by atoms with E-state index in [0.717, 1.165) is 64.7 Å². The maximum absolute atomic E-state index is 13.4. The highest BCUT2D eigenvalue weighted by Crippen LogP contribution is 2.43. The summed E-state index contributed by atoms with van der Waals surface area (Å²) in [6.07, 6.45) is 4.20. The molecule has 1 heterocycles. The van der Waals surface area contributed by atoms with Crippen LogP contribution in [0.1, 0.15) is 67.2 Å². The normalized spacial score (nSPS) is 16.9. The molecule has 172 valence electrons.